The minimum atomic E-state index is -0.968. The van der Waals surface area contributed by atoms with Crippen molar-refractivity contribution in [3.63, 3.8) is 0 Å². The van der Waals surface area contributed by atoms with E-state index in [1.807, 2.05) is 6.92 Å². The number of carboxylic acids is 1. The molecule has 0 saturated carbocycles. The van der Waals surface area contributed by atoms with Gasteiger partial charge in [0.15, 0.2) is 0 Å². The molecule has 0 spiro atoms. The number of hydrogen-bond donors (Lipinski definition) is 3. The SMILES string of the molecule is CCC1CCN(C(=O)NCCC(=O)NC)C(C(=O)O)C1. The zero-order valence-corrected chi connectivity index (χ0v) is 12.0. The molecule has 1 aliphatic heterocycles. The van der Waals surface area contributed by atoms with Gasteiger partial charge in [-0.25, -0.2) is 9.59 Å². The number of likely N-dealkylation sites (tertiary alicyclic amines) is 1. The van der Waals surface area contributed by atoms with Crippen molar-refractivity contribution in [3.05, 3.63) is 0 Å². The molecule has 3 amide bonds. The Balaban J connectivity index is 2.52. The summed E-state index contributed by atoms with van der Waals surface area (Å²) in [4.78, 5) is 35.7. The fourth-order valence-corrected chi connectivity index (χ4v) is 2.40. The number of urea groups is 1. The second kappa shape index (κ2) is 7.72. The van der Waals surface area contributed by atoms with E-state index in [9.17, 15) is 19.5 Å². The minimum absolute atomic E-state index is 0.162. The average molecular weight is 285 g/mol. The van der Waals surface area contributed by atoms with E-state index in [0.29, 0.717) is 18.9 Å². The molecule has 114 valence electrons. The average Bonchev–Trinajstić information content (AvgIpc) is 2.45. The first-order valence-electron chi connectivity index (χ1n) is 6.97. The molecule has 0 aromatic carbocycles. The molecule has 7 heteroatoms. The Hall–Kier alpha value is -1.79. The summed E-state index contributed by atoms with van der Waals surface area (Å²) >= 11 is 0. The molecule has 20 heavy (non-hydrogen) atoms. The van der Waals surface area contributed by atoms with Gasteiger partial charge in [-0.1, -0.05) is 13.3 Å². The molecule has 0 aromatic rings. The van der Waals surface area contributed by atoms with Gasteiger partial charge in [0.1, 0.15) is 6.04 Å². The van der Waals surface area contributed by atoms with E-state index in [2.05, 4.69) is 10.6 Å². The van der Waals surface area contributed by atoms with Crippen LogP contribution in [0.4, 0.5) is 4.79 Å². The number of carboxylic acid groups (broad SMARTS) is 1. The number of piperidine rings is 1. The molecule has 0 aliphatic carbocycles. The monoisotopic (exact) mass is 285 g/mol. The summed E-state index contributed by atoms with van der Waals surface area (Å²) in [5, 5.41) is 14.3. The summed E-state index contributed by atoms with van der Waals surface area (Å²) in [5.74, 6) is -0.777. The van der Waals surface area contributed by atoms with Gasteiger partial charge in [0.05, 0.1) is 0 Å². The van der Waals surface area contributed by atoms with Crippen LogP contribution in [-0.4, -0.2) is 54.1 Å². The Kier molecular flexibility index (Phi) is 6.27. The molecule has 1 aliphatic rings. The first-order chi connectivity index (χ1) is 9.49. The molecule has 3 N–H and O–H groups in total. The highest BCUT2D eigenvalue weighted by atomic mass is 16.4. The molecule has 1 saturated heterocycles. The zero-order valence-electron chi connectivity index (χ0n) is 12.0. The molecule has 2 atom stereocenters. The van der Waals surface area contributed by atoms with Gasteiger partial charge in [-0.15, -0.1) is 0 Å². The molecule has 0 radical (unpaired) electrons. The van der Waals surface area contributed by atoms with Crippen LogP contribution in [0.25, 0.3) is 0 Å². The Bertz CT molecular complexity index is 373. The lowest BCUT2D eigenvalue weighted by atomic mass is 9.89. The molecule has 0 bridgehead atoms. The third kappa shape index (κ3) is 4.40. The number of aliphatic carboxylic acids is 1. The first-order valence-corrected chi connectivity index (χ1v) is 6.97. The van der Waals surface area contributed by atoms with E-state index in [1.165, 1.54) is 11.9 Å². The van der Waals surface area contributed by atoms with Crippen LogP contribution in [0.5, 0.6) is 0 Å². The Morgan fingerprint density at radius 3 is 2.60 bits per heavy atom. The summed E-state index contributed by atoms with van der Waals surface area (Å²) in [5.41, 5.74) is 0. The molecule has 2 unspecified atom stereocenters. The van der Waals surface area contributed by atoms with Crippen molar-refractivity contribution < 1.29 is 19.5 Å². The Morgan fingerprint density at radius 1 is 1.35 bits per heavy atom. The number of carbonyl (C=O) groups excluding carboxylic acids is 2. The van der Waals surface area contributed by atoms with Gasteiger partial charge in [0.2, 0.25) is 5.91 Å². The molecular weight excluding hydrogens is 262 g/mol. The van der Waals surface area contributed by atoms with Crippen molar-refractivity contribution in [1.29, 1.82) is 0 Å². The minimum Gasteiger partial charge on any atom is -0.480 e. The van der Waals surface area contributed by atoms with Crippen LogP contribution in [0.15, 0.2) is 0 Å². The maximum Gasteiger partial charge on any atom is 0.326 e. The van der Waals surface area contributed by atoms with E-state index >= 15 is 0 Å². The normalized spacial score (nSPS) is 22.2. The zero-order chi connectivity index (χ0) is 15.1. The number of nitrogens with one attached hydrogen (secondary N) is 2. The third-order valence-corrected chi connectivity index (χ3v) is 3.74. The van der Waals surface area contributed by atoms with E-state index in [4.69, 9.17) is 0 Å². The summed E-state index contributed by atoms with van der Waals surface area (Å²) in [7, 11) is 1.53. The summed E-state index contributed by atoms with van der Waals surface area (Å²) in [6, 6.07) is -1.18. The largest absolute Gasteiger partial charge is 0.480 e. The van der Waals surface area contributed by atoms with Crippen LogP contribution in [0.3, 0.4) is 0 Å². The lowest BCUT2D eigenvalue weighted by Gasteiger charge is -2.36. The van der Waals surface area contributed by atoms with Crippen LogP contribution in [0.2, 0.25) is 0 Å². The van der Waals surface area contributed by atoms with Gasteiger partial charge in [-0.3, -0.25) is 4.79 Å². The van der Waals surface area contributed by atoms with Gasteiger partial charge in [-0.2, -0.15) is 0 Å². The molecule has 1 fully saturated rings. The van der Waals surface area contributed by atoms with Crippen molar-refractivity contribution >= 4 is 17.9 Å². The highest BCUT2D eigenvalue weighted by molar-refractivity contribution is 5.83. The van der Waals surface area contributed by atoms with Crippen molar-refractivity contribution in [3.8, 4) is 0 Å². The molecule has 0 aromatic heterocycles. The van der Waals surface area contributed by atoms with Crippen molar-refractivity contribution in [2.75, 3.05) is 20.1 Å². The van der Waals surface area contributed by atoms with Gasteiger partial charge in [0, 0.05) is 26.6 Å². The predicted molar refractivity (Wildman–Crippen MR) is 73.2 cm³/mol. The van der Waals surface area contributed by atoms with Gasteiger partial charge < -0.3 is 20.6 Å². The first kappa shape index (κ1) is 16.3. The molecule has 1 rings (SSSR count). The standard InChI is InChI=1S/C13H23N3O4/c1-3-9-5-7-16(10(8-9)12(18)19)13(20)15-6-4-11(17)14-2/h9-10H,3-8H2,1-2H3,(H,14,17)(H,15,20)(H,18,19). The van der Waals surface area contributed by atoms with Crippen LogP contribution in [0, 0.1) is 5.92 Å². The second-order valence-electron chi connectivity index (χ2n) is 5.00. The van der Waals surface area contributed by atoms with Crippen molar-refractivity contribution in [2.24, 2.45) is 5.92 Å². The van der Waals surface area contributed by atoms with Gasteiger partial charge in [-0.05, 0) is 18.8 Å². The second-order valence-corrected chi connectivity index (χ2v) is 5.00. The van der Waals surface area contributed by atoms with E-state index in [-0.39, 0.29) is 18.9 Å². The molecular formula is C13H23N3O4. The topological polar surface area (TPSA) is 98.7 Å². The Morgan fingerprint density at radius 2 is 2.05 bits per heavy atom. The molecule has 7 nitrogen and oxygen atoms in total. The summed E-state index contributed by atoms with van der Waals surface area (Å²) in [6.45, 7) is 2.68. The van der Waals surface area contributed by atoms with Gasteiger partial charge >= 0.3 is 12.0 Å². The maximum absolute atomic E-state index is 12.0. The van der Waals surface area contributed by atoms with Gasteiger partial charge in [0.25, 0.3) is 0 Å². The third-order valence-electron chi connectivity index (χ3n) is 3.74. The number of amides is 3. The smallest absolute Gasteiger partial charge is 0.326 e. The quantitative estimate of drug-likeness (QED) is 0.681. The fraction of sp³-hybridized carbons (Fsp3) is 0.769. The van der Waals surface area contributed by atoms with Crippen LogP contribution < -0.4 is 10.6 Å². The predicted octanol–water partition coefficient (Wildman–Crippen LogP) is 0.407. The highest BCUT2D eigenvalue weighted by Gasteiger charge is 2.35. The van der Waals surface area contributed by atoms with Crippen molar-refractivity contribution in [2.45, 2.75) is 38.6 Å². The lowest BCUT2D eigenvalue weighted by Crippen LogP contribution is -2.53. The number of nitrogens with zero attached hydrogens (tertiary/aromatic N) is 1. The van der Waals surface area contributed by atoms with Crippen LogP contribution >= 0.6 is 0 Å². The van der Waals surface area contributed by atoms with E-state index in [0.717, 1.165) is 12.8 Å². The van der Waals surface area contributed by atoms with Crippen molar-refractivity contribution in [1.82, 2.24) is 15.5 Å². The Labute approximate surface area is 118 Å². The number of hydrogen-bond acceptors (Lipinski definition) is 3. The van der Waals surface area contributed by atoms with E-state index < -0.39 is 18.0 Å². The number of rotatable bonds is 5. The highest BCUT2D eigenvalue weighted by Crippen LogP contribution is 2.25. The summed E-state index contributed by atoms with van der Waals surface area (Å²) in [6.07, 6.45) is 2.43. The number of carbonyl (C=O) groups is 3. The van der Waals surface area contributed by atoms with Crippen LogP contribution in [0.1, 0.15) is 32.6 Å². The lowest BCUT2D eigenvalue weighted by molar-refractivity contribution is -0.144. The summed E-state index contributed by atoms with van der Waals surface area (Å²) < 4.78 is 0. The molecule has 1 heterocycles. The fourth-order valence-electron chi connectivity index (χ4n) is 2.40. The van der Waals surface area contributed by atoms with E-state index in [1.54, 1.807) is 0 Å². The van der Waals surface area contributed by atoms with Crippen LogP contribution in [-0.2, 0) is 9.59 Å². The maximum atomic E-state index is 12.0.